The Kier molecular flexibility index (Phi) is 14.8. The molecule has 1 aromatic heterocycles. The monoisotopic (exact) mass is 570 g/mol. The molecule has 5 amide bonds. The molecule has 0 spiro atoms. The second-order valence-corrected chi connectivity index (χ2v) is 8.97. The zero-order valence-electron chi connectivity index (χ0n) is 22.1. The first-order chi connectivity index (χ1) is 18.9. The number of carbonyl (C=O) groups excluding carboxylic acids is 5. The summed E-state index contributed by atoms with van der Waals surface area (Å²) in [5.74, 6) is -5.91. The lowest BCUT2D eigenvalue weighted by Crippen LogP contribution is -2.59. The van der Waals surface area contributed by atoms with Gasteiger partial charge in [-0.25, -0.2) is 9.78 Å². The van der Waals surface area contributed by atoms with Crippen LogP contribution in [0, 0.1) is 0 Å². The van der Waals surface area contributed by atoms with Crippen LogP contribution in [0.25, 0.3) is 0 Å². The number of aliphatic hydroxyl groups is 2. The zero-order valence-corrected chi connectivity index (χ0v) is 22.1. The zero-order chi connectivity index (χ0) is 30.2. The summed E-state index contributed by atoms with van der Waals surface area (Å²) in [5, 5.41) is 36.7. The molecule has 1 heterocycles. The van der Waals surface area contributed by atoms with E-state index in [1.807, 2.05) is 12.2 Å². The number of carbonyl (C=O) groups is 6. The number of hydrogen-bond acceptors (Lipinski definition) is 10. The maximum Gasteiger partial charge on any atom is 0.328 e. The highest BCUT2D eigenvalue weighted by Crippen LogP contribution is 2.05. The third-order valence-corrected chi connectivity index (χ3v) is 5.73. The summed E-state index contributed by atoms with van der Waals surface area (Å²) in [6, 6.07) is -6.93. The number of rotatable bonds is 19. The largest absolute Gasteiger partial charge is 0.480 e. The molecule has 0 aromatic carbocycles. The van der Waals surface area contributed by atoms with Crippen molar-refractivity contribution in [3.8, 4) is 0 Å². The predicted octanol–water partition coefficient (Wildman–Crippen LogP) is -4.26. The third-order valence-electron chi connectivity index (χ3n) is 5.73. The lowest BCUT2D eigenvalue weighted by molar-refractivity contribution is -0.143. The summed E-state index contributed by atoms with van der Waals surface area (Å²) in [6.07, 6.45) is 4.01. The van der Waals surface area contributed by atoms with E-state index in [-0.39, 0.29) is 19.3 Å². The Morgan fingerprint density at radius 2 is 1.43 bits per heavy atom. The molecule has 0 unspecified atom stereocenters. The van der Waals surface area contributed by atoms with Crippen LogP contribution in [0.15, 0.2) is 12.5 Å². The number of hydrogen-bond donors (Lipinski definition) is 10. The van der Waals surface area contributed by atoms with Gasteiger partial charge < -0.3 is 53.0 Å². The molecule has 40 heavy (non-hydrogen) atoms. The van der Waals surface area contributed by atoms with Crippen molar-refractivity contribution >= 4 is 35.5 Å². The molecular formula is C23H38N8O9. The van der Waals surface area contributed by atoms with Gasteiger partial charge in [0.15, 0.2) is 0 Å². The smallest absolute Gasteiger partial charge is 0.328 e. The number of unbranched alkanes of at least 4 members (excludes halogenated alkanes) is 1. The van der Waals surface area contributed by atoms with Crippen molar-refractivity contribution in [1.29, 1.82) is 0 Å². The van der Waals surface area contributed by atoms with E-state index < -0.39 is 78.9 Å². The molecule has 0 saturated carbocycles. The molecule has 5 atom stereocenters. The number of nitrogens with two attached hydrogens (primary N) is 2. The van der Waals surface area contributed by atoms with Gasteiger partial charge in [-0.3, -0.25) is 24.0 Å². The molecule has 0 bridgehead atoms. The van der Waals surface area contributed by atoms with Crippen LogP contribution in [-0.2, 0) is 35.2 Å². The van der Waals surface area contributed by atoms with Crippen molar-refractivity contribution < 1.29 is 44.1 Å². The highest BCUT2D eigenvalue weighted by Gasteiger charge is 2.32. The fourth-order valence-electron chi connectivity index (χ4n) is 3.41. The molecule has 0 aliphatic carbocycles. The molecule has 1 aromatic rings. The molecule has 0 saturated heterocycles. The minimum Gasteiger partial charge on any atom is -0.480 e. The maximum atomic E-state index is 13.2. The minimum absolute atomic E-state index is 0.0782. The first-order valence-electron chi connectivity index (χ1n) is 12.6. The van der Waals surface area contributed by atoms with Crippen molar-refractivity contribution in [2.45, 2.75) is 75.7 Å². The van der Waals surface area contributed by atoms with Gasteiger partial charge >= 0.3 is 5.97 Å². The van der Waals surface area contributed by atoms with Gasteiger partial charge in [-0.15, -0.1) is 0 Å². The molecule has 0 fully saturated rings. The number of imidazole rings is 1. The summed E-state index contributed by atoms with van der Waals surface area (Å²) < 4.78 is 0. The maximum absolute atomic E-state index is 13.2. The number of nitrogens with one attached hydrogen (secondary N) is 5. The summed E-state index contributed by atoms with van der Waals surface area (Å²) in [7, 11) is 0. The number of carboxylic acid groups (broad SMARTS) is 1. The van der Waals surface area contributed by atoms with Gasteiger partial charge in [-0.2, -0.15) is 0 Å². The second kappa shape index (κ2) is 17.5. The van der Waals surface area contributed by atoms with Crippen LogP contribution in [0.2, 0.25) is 0 Å². The topological polar surface area (TPSA) is 292 Å². The Labute approximate surface area is 229 Å². The molecular weight excluding hydrogens is 532 g/mol. The van der Waals surface area contributed by atoms with E-state index in [0.717, 1.165) is 6.42 Å². The Bertz CT molecular complexity index is 1000. The second-order valence-electron chi connectivity index (χ2n) is 8.97. The van der Waals surface area contributed by atoms with Crippen LogP contribution in [0.3, 0.4) is 0 Å². The van der Waals surface area contributed by atoms with E-state index in [9.17, 15) is 33.9 Å². The number of aliphatic hydroxyl groups excluding tert-OH is 2. The number of carboxylic acids is 1. The minimum atomic E-state index is -1.70. The molecule has 0 aliphatic rings. The number of H-pyrrole nitrogens is 1. The van der Waals surface area contributed by atoms with Gasteiger partial charge in [0.25, 0.3) is 0 Å². The first-order valence-corrected chi connectivity index (χ1v) is 12.6. The Hall–Kier alpha value is -4.09. The number of nitrogens with zero attached hydrogens (tertiary/aromatic N) is 1. The summed E-state index contributed by atoms with van der Waals surface area (Å²) in [6.45, 7) is 0.0206. The van der Waals surface area contributed by atoms with Gasteiger partial charge in [0.2, 0.25) is 29.5 Å². The number of aromatic amines is 1. The van der Waals surface area contributed by atoms with Crippen LogP contribution < -0.4 is 32.7 Å². The fraction of sp³-hybridized carbons (Fsp3) is 0.609. The quantitative estimate of drug-likeness (QED) is 0.0759. The number of aliphatic carboxylic acids is 1. The summed E-state index contributed by atoms with van der Waals surface area (Å²) in [5.41, 5.74) is 11.5. The number of primary amides is 1. The Morgan fingerprint density at radius 3 is 1.95 bits per heavy atom. The van der Waals surface area contributed by atoms with E-state index in [4.69, 9.17) is 21.7 Å². The van der Waals surface area contributed by atoms with E-state index in [1.165, 1.54) is 12.5 Å². The Balaban J connectivity index is 3.08. The van der Waals surface area contributed by atoms with E-state index in [2.05, 4.69) is 25.9 Å². The van der Waals surface area contributed by atoms with Gasteiger partial charge in [0.1, 0.15) is 24.2 Å². The molecule has 1 rings (SSSR count). The SMILES string of the molecule is CCCC[C@H](N)C(=O)N[C@@H](Cc1c[nH]cn1)C(=O)N[C@@H](CCC(N)=O)C(=O)N[C@@H](CO)C(=O)N[C@@H](CO)C(=O)O. The van der Waals surface area contributed by atoms with Crippen LogP contribution >= 0.6 is 0 Å². The van der Waals surface area contributed by atoms with Gasteiger partial charge in [0.05, 0.1) is 31.3 Å². The third kappa shape index (κ3) is 11.7. The fourth-order valence-corrected chi connectivity index (χ4v) is 3.41. The van der Waals surface area contributed by atoms with Crippen molar-refractivity contribution in [1.82, 2.24) is 31.2 Å². The van der Waals surface area contributed by atoms with Crippen LogP contribution in [0.5, 0.6) is 0 Å². The standard InChI is InChI=1S/C23H38N8O9/c1-2-3-4-13(24)19(35)29-15(7-12-8-26-11-27-12)21(37)28-14(5-6-18(25)34)20(36)30-16(9-32)22(38)31-17(10-33)23(39)40/h8,11,13-17,32-33H,2-7,9-10,24H2,1H3,(H2,25,34)(H,26,27)(H,28,37)(H,29,35)(H,30,36)(H,31,38)(H,39,40)/t13-,14-,15-,16-,17-/m0/s1. The lowest BCUT2D eigenvalue weighted by Gasteiger charge is -2.25. The molecule has 0 aliphatic heterocycles. The summed E-state index contributed by atoms with van der Waals surface area (Å²) >= 11 is 0. The van der Waals surface area contributed by atoms with Gasteiger partial charge in [0, 0.05) is 19.0 Å². The molecule has 17 nitrogen and oxygen atoms in total. The molecule has 224 valence electrons. The average molecular weight is 571 g/mol. The van der Waals surface area contributed by atoms with Crippen LogP contribution in [0.4, 0.5) is 0 Å². The van der Waals surface area contributed by atoms with Crippen molar-refractivity contribution in [2.75, 3.05) is 13.2 Å². The van der Waals surface area contributed by atoms with Crippen molar-refractivity contribution in [2.24, 2.45) is 11.5 Å². The highest BCUT2D eigenvalue weighted by atomic mass is 16.4. The van der Waals surface area contributed by atoms with E-state index >= 15 is 0 Å². The first kappa shape index (κ1) is 33.9. The van der Waals surface area contributed by atoms with Crippen molar-refractivity contribution in [3.63, 3.8) is 0 Å². The summed E-state index contributed by atoms with van der Waals surface area (Å²) in [4.78, 5) is 80.4. The Morgan fingerprint density at radius 1 is 0.875 bits per heavy atom. The van der Waals surface area contributed by atoms with Gasteiger partial charge in [-0.1, -0.05) is 19.8 Å². The normalized spacial score (nSPS) is 14.6. The number of aromatic nitrogens is 2. The van der Waals surface area contributed by atoms with Crippen molar-refractivity contribution in [3.05, 3.63) is 18.2 Å². The van der Waals surface area contributed by atoms with Crippen LogP contribution in [-0.4, -0.2) is 104 Å². The number of amides is 5. The molecule has 17 heteroatoms. The molecule has 0 radical (unpaired) electrons. The van der Waals surface area contributed by atoms with E-state index in [0.29, 0.717) is 18.5 Å². The van der Waals surface area contributed by atoms with E-state index in [1.54, 1.807) is 0 Å². The highest BCUT2D eigenvalue weighted by molar-refractivity contribution is 5.95. The lowest BCUT2D eigenvalue weighted by atomic mass is 10.1. The van der Waals surface area contributed by atoms with Crippen LogP contribution in [0.1, 0.15) is 44.7 Å². The average Bonchev–Trinajstić information content (AvgIpc) is 3.43. The van der Waals surface area contributed by atoms with Gasteiger partial charge in [-0.05, 0) is 12.8 Å². The molecule has 12 N–H and O–H groups in total. The predicted molar refractivity (Wildman–Crippen MR) is 138 cm³/mol.